The summed E-state index contributed by atoms with van der Waals surface area (Å²) in [6.07, 6.45) is 0. The highest BCUT2D eigenvalue weighted by Crippen LogP contribution is 2.37. The van der Waals surface area contributed by atoms with Crippen LogP contribution in [0.4, 0.5) is 0 Å². The first-order valence-electron chi connectivity index (χ1n) is 7.64. The van der Waals surface area contributed by atoms with Gasteiger partial charge in [0.15, 0.2) is 0 Å². The Balaban J connectivity index is 2.22. The smallest absolute Gasteiger partial charge is 0.250 e. The first-order valence-corrected chi connectivity index (χ1v) is 8.44. The Hall–Kier alpha value is -2.92. The monoisotopic (exact) mass is 392 g/mol. The second-order valence-electron chi connectivity index (χ2n) is 5.92. The molecule has 0 fully saturated rings. The average Bonchev–Trinajstić information content (AvgIpc) is 2.59. The molecule has 0 bridgehead atoms. The van der Waals surface area contributed by atoms with Gasteiger partial charge in [0, 0.05) is 4.47 Å². The Bertz CT molecular complexity index is 1210. The minimum absolute atomic E-state index is 0.132. The minimum Gasteiger partial charge on any atom is -0.366 e. The molecular formula is C20H13BrN2O2. The van der Waals surface area contributed by atoms with Crippen molar-refractivity contribution in [1.82, 2.24) is 0 Å². The van der Waals surface area contributed by atoms with E-state index in [4.69, 9.17) is 11.5 Å². The maximum Gasteiger partial charge on any atom is 0.250 e. The predicted octanol–water partition coefficient (Wildman–Crippen LogP) is 4.11. The van der Waals surface area contributed by atoms with E-state index in [1.807, 2.05) is 24.3 Å². The van der Waals surface area contributed by atoms with E-state index < -0.39 is 11.8 Å². The summed E-state index contributed by atoms with van der Waals surface area (Å²) < 4.78 is 0.851. The van der Waals surface area contributed by atoms with Crippen LogP contribution < -0.4 is 11.5 Å². The fourth-order valence-corrected chi connectivity index (χ4v) is 3.99. The Morgan fingerprint density at radius 3 is 2.00 bits per heavy atom. The molecule has 4 aromatic carbocycles. The third-order valence-electron chi connectivity index (χ3n) is 4.45. The van der Waals surface area contributed by atoms with Crippen LogP contribution in [0.15, 0.2) is 59.1 Å². The van der Waals surface area contributed by atoms with E-state index in [9.17, 15) is 9.59 Å². The summed E-state index contributed by atoms with van der Waals surface area (Å²) in [5.41, 5.74) is 11.2. The molecule has 4 aromatic rings. The molecule has 0 aliphatic carbocycles. The van der Waals surface area contributed by atoms with Crippen molar-refractivity contribution in [3.05, 3.63) is 70.2 Å². The van der Waals surface area contributed by atoms with Gasteiger partial charge in [0.1, 0.15) is 0 Å². The van der Waals surface area contributed by atoms with Gasteiger partial charge < -0.3 is 11.5 Å². The summed E-state index contributed by atoms with van der Waals surface area (Å²) in [7, 11) is 0. The van der Waals surface area contributed by atoms with E-state index in [2.05, 4.69) is 34.1 Å². The van der Waals surface area contributed by atoms with E-state index in [-0.39, 0.29) is 11.1 Å². The van der Waals surface area contributed by atoms with Crippen LogP contribution in [-0.4, -0.2) is 11.8 Å². The molecule has 0 aromatic heterocycles. The van der Waals surface area contributed by atoms with Gasteiger partial charge in [-0.2, -0.15) is 0 Å². The molecule has 0 atom stereocenters. The van der Waals surface area contributed by atoms with Gasteiger partial charge in [0.05, 0.1) is 11.1 Å². The molecule has 0 unspecified atom stereocenters. The molecule has 4 nitrogen and oxygen atoms in total. The van der Waals surface area contributed by atoms with Gasteiger partial charge in [-0.3, -0.25) is 9.59 Å². The van der Waals surface area contributed by atoms with Gasteiger partial charge in [0.25, 0.3) is 0 Å². The lowest BCUT2D eigenvalue weighted by Gasteiger charge is -2.12. The number of carbonyl (C=O) groups is 2. The standard InChI is InChI=1S/C20H13BrN2O2/c21-18-13-5-6-14(19(22)24)17(20(23)25)16(13)9-12-7-10-3-1-2-4-11(10)8-15(12)18/h1-9H,(H2,22,24)(H2,23,25). The Labute approximate surface area is 151 Å². The zero-order valence-electron chi connectivity index (χ0n) is 13.0. The second-order valence-corrected chi connectivity index (χ2v) is 6.72. The van der Waals surface area contributed by atoms with Crippen molar-refractivity contribution in [2.45, 2.75) is 0 Å². The molecule has 0 aliphatic heterocycles. The third kappa shape index (κ3) is 2.36. The van der Waals surface area contributed by atoms with Crippen LogP contribution in [0.3, 0.4) is 0 Å². The molecule has 0 saturated carbocycles. The van der Waals surface area contributed by atoms with Gasteiger partial charge >= 0.3 is 0 Å². The highest BCUT2D eigenvalue weighted by molar-refractivity contribution is 9.10. The van der Waals surface area contributed by atoms with Gasteiger partial charge in [-0.1, -0.05) is 30.3 Å². The largest absolute Gasteiger partial charge is 0.366 e. The van der Waals surface area contributed by atoms with Crippen molar-refractivity contribution in [2.75, 3.05) is 0 Å². The number of amides is 2. The molecule has 5 heteroatoms. The van der Waals surface area contributed by atoms with Crippen molar-refractivity contribution in [3.63, 3.8) is 0 Å². The van der Waals surface area contributed by atoms with Crippen LogP contribution in [0.5, 0.6) is 0 Å². The fourth-order valence-electron chi connectivity index (χ4n) is 3.30. The first-order chi connectivity index (χ1) is 12.0. The van der Waals surface area contributed by atoms with Crippen LogP contribution in [0, 0.1) is 0 Å². The third-order valence-corrected chi connectivity index (χ3v) is 5.30. The fraction of sp³-hybridized carbons (Fsp3) is 0. The van der Waals surface area contributed by atoms with E-state index in [1.54, 1.807) is 12.1 Å². The summed E-state index contributed by atoms with van der Waals surface area (Å²) in [4.78, 5) is 23.7. The van der Waals surface area contributed by atoms with Crippen molar-refractivity contribution in [2.24, 2.45) is 11.5 Å². The zero-order valence-corrected chi connectivity index (χ0v) is 14.6. The molecule has 4 rings (SSSR count). The number of hydrogen-bond acceptors (Lipinski definition) is 2. The highest BCUT2D eigenvalue weighted by atomic mass is 79.9. The normalized spacial score (nSPS) is 11.2. The maximum atomic E-state index is 12.0. The number of halogens is 1. The molecule has 0 radical (unpaired) electrons. The number of hydrogen-bond donors (Lipinski definition) is 2. The summed E-state index contributed by atoms with van der Waals surface area (Å²) >= 11 is 3.64. The summed E-state index contributed by atoms with van der Waals surface area (Å²) in [6, 6.07) is 17.4. The summed E-state index contributed by atoms with van der Waals surface area (Å²) in [5, 5.41) is 5.60. The highest BCUT2D eigenvalue weighted by Gasteiger charge is 2.19. The quantitative estimate of drug-likeness (QED) is 0.503. The lowest BCUT2D eigenvalue weighted by atomic mass is 9.94. The van der Waals surface area contributed by atoms with Crippen LogP contribution >= 0.6 is 15.9 Å². The van der Waals surface area contributed by atoms with Crippen LogP contribution in [0.2, 0.25) is 0 Å². The topological polar surface area (TPSA) is 86.2 Å². The molecule has 2 amide bonds. The molecular weight excluding hydrogens is 380 g/mol. The van der Waals surface area contributed by atoms with E-state index in [1.165, 1.54) is 0 Å². The number of carbonyl (C=O) groups excluding carboxylic acids is 2. The van der Waals surface area contributed by atoms with Crippen LogP contribution in [0.25, 0.3) is 32.3 Å². The molecule has 122 valence electrons. The van der Waals surface area contributed by atoms with E-state index in [0.717, 1.165) is 31.4 Å². The predicted molar refractivity (Wildman–Crippen MR) is 104 cm³/mol. The van der Waals surface area contributed by atoms with Crippen molar-refractivity contribution in [3.8, 4) is 0 Å². The molecule has 0 aliphatic rings. The van der Waals surface area contributed by atoms with Crippen LogP contribution in [0.1, 0.15) is 20.7 Å². The van der Waals surface area contributed by atoms with Crippen molar-refractivity contribution < 1.29 is 9.59 Å². The number of nitrogens with two attached hydrogens (primary N) is 2. The lowest BCUT2D eigenvalue weighted by Crippen LogP contribution is -2.21. The molecule has 25 heavy (non-hydrogen) atoms. The Kier molecular flexibility index (Phi) is 3.47. The maximum absolute atomic E-state index is 12.0. The average molecular weight is 393 g/mol. The number of primary amides is 2. The SMILES string of the molecule is NC(=O)c1ccc2c(Br)c3cc4ccccc4cc3cc2c1C(N)=O. The Morgan fingerprint density at radius 1 is 0.720 bits per heavy atom. The zero-order chi connectivity index (χ0) is 17.7. The molecule has 4 N–H and O–H groups in total. The molecule has 0 heterocycles. The van der Waals surface area contributed by atoms with Gasteiger partial charge in [0.2, 0.25) is 11.8 Å². The number of benzene rings is 4. The van der Waals surface area contributed by atoms with E-state index >= 15 is 0 Å². The Morgan fingerprint density at radius 2 is 1.36 bits per heavy atom. The molecule has 0 saturated heterocycles. The minimum atomic E-state index is -0.676. The molecule has 0 spiro atoms. The number of fused-ring (bicyclic) bond motifs is 3. The summed E-state index contributed by atoms with van der Waals surface area (Å²) in [6.45, 7) is 0. The van der Waals surface area contributed by atoms with Crippen molar-refractivity contribution in [1.29, 1.82) is 0 Å². The van der Waals surface area contributed by atoms with Gasteiger partial charge in [-0.05, 0) is 72.5 Å². The first kappa shape index (κ1) is 15.6. The lowest BCUT2D eigenvalue weighted by molar-refractivity contribution is 0.0968. The van der Waals surface area contributed by atoms with Crippen LogP contribution in [-0.2, 0) is 0 Å². The van der Waals surface area contributed by atoms with E-state index in [0.29, 0.717) is 5.39 Å². The van der Waals surface area contributed by atoms with Gasteiger partial charge in [-0.15, -0.1) is 0 Å². The van der Waals surface area contributed by atoms with Gasteiger partial charge in [-0.25, -0.2) is 0 Å². The summed E-state index contributed by atoms with van der Waals surface area (Å²) in [5.74, 6) is -1.35. The number of rotatable bonds is 2. The second kappa shape index (κ2) is 5.57. The van der Waals surface area contributed by atoms with Crippen molar-refractivity contribution >= 4 is 60.1 Å².